The SMILES string of the molecule is COCCNC(=O)CNC(=O)c1csc(CCN)n1. The molecule has 1 rings (SSSR count). The molecule has 0 spiro atoms. The van der Waals surface area contributed by atoms with Gasteiger partial charge in [-0.2, -0.15) is 0 Å². The lowest BCUT2D eigenvalue weighted by atomic mass is 10.4. The van der Waals surface area contributed by atoms with Crippen LogP contribution in [0.15, 0.2) is 5.38 Å². The second-order valence-corrected chi connectivity index (χ2v) is 4.63. The van der Waals surface area contributed by atoms with E-state index in [1.807, 2.05) is 0 Å². The molecule has 0 fully saturated rings. The van der Waals surface area contributed by atoms with Gasteiger partial charge in [0.2, 0.25) is 5.91 Å². The molecule has 4 N–H and O–H groups in total. The van der Waals surface area contributed by atoms with E-state index >= 15 is 0 Å². The van der Waals surface area contributed by atoms with Crippen molar-refractivity contribution in [1.82, 2.24) is 15.6 Å². The van der Waals surface area contributed by atoms with Gasteiger partial charge in [0.05, 0.1) is 18.2 Å². The Kier molecular flexibility index (Phi) is 7.01. The number of nitrogens with zero attached hydrogens (tertiary/aromatic N) is 1. The van der Waals surface area contributed by atoms with Crippen molar-refractivity contribution in [3.8, 4) is 0 Å². The zero-order valence-corrected chi connectivity index (χ0v) is 11.6. The molecule has 0 bridgehead atoms. The van der Waals surface area contributed by atoms with Crippen molar-refractivity contribution in [2.75, 3.05) is 33.4 Å². The molecule has 0 aliphatic rings. The van der Waals surface area contributed by atoms with Crippen LogP contribution in [0.4, 0.5) is 0 Å². The van der Waals surface area contributed by atoms with Crippen molar-refractivity contribution in [3.05, 3.63) is 16.1 Å². The minimum Gasteiger partial charge on any atom is -0.383 e. The van der Waals surface area contributed by atoms with E-state index in [1.165, 1.54) is 11.3 Å². The molecule has 0 unspecified atom stereocenters. The summed E-state index contributed by atoms with van der Waals surface area (Å²) in [6.07, 6.45) is 0.648. The number of nitrogens with two attached hydrogens (primary N) is 1. The Morgan fingerprint density at radius 1 is 1.47 bits per heavy atom. The second kappa shape index (κ2) is 8.57. The van der Waals surface area contributed by atoms with Crippen LogP contribution in [0.1, 0.15) is 15.5 Å². The lowest BCUT2D eigenvalue weighted by molar-refractivity contribution is -0.120. The fourth-order valence-electron chi connectivity index (χ4n) is 1.26. The highest BCUT2D eigenvalue weighted by molar-refractivity contribution is 7.09. The van der Waals surface area contributed by atoms with Crippen molar-refractivity contribution in [2.45, 2.75) is 6.42 Å². The lowest BCUT2D eigenvalue weighted by Gasteiger charge is -2.05. The highest BCUT2D eigenvalue weighted by atomic mass is 32.1. The summed E-state index contributed by atoms with van der Waals surface area (Å²) in [5.74, 6) is -0.621. The average molecular weight is 286 g/mol. The summed E-state index contributed by atoms with van der Waals surface area (Å²) < 4.78 is 4.79. The van der Waals surface area contributed by atoms with E-state index in [0.717, 1.165) is 5.01 Å². The molecule has 0 aliphatic carbocycles. The smallest absolute Gasteiger partial charge is 0.271 e. The fraction of sp³-hybridized carbons (Fsp3) is 0.545. The number of methoxy groups -OCH3 is 1. The minimum atomic E-state index is -0.360. The molecular formula is C11H18N4O3S. The first-order valence-electron chi connectivity index (χ1n) is 5.85. The van der Waals surface area contributed by atoms with Gasteiger partial charge in [0.15, 0.2) is 0 Å². The van der Waals surface area contributed by atoms with Crippen molar-refractivity contribution in [1.29, 1.82) is 0 Å². The Morgan fingerprint density at radius 3 is 2.95 bits per heavy atom. The monoisotopic (exact) mass is 286 g/mol. The summed E-state index contributed by atoms with van der Waals surface area (Å²) >= 11 is 1.38. The molecule has 19 heavy (non-hydrogen) atoms. The quantitative estimate of drug-likeness (QED) is 0.539. The zero-order chi connectivity index (χ0) is 14.1. The van der Waals surface area contributed by atoms with Crippen molar-refractivity contribution in [2.24, 2.45) is 5.73 Å². The van der Waals surface area contributed by atoms with Gasteiger partial charge in [-0.3, -0.25) is 9.59 Å². The van der Waals surface area contributed by atoms with E-state index in [1.54, 1.807) is 12.5 Å². The Hall–Kier alpha value is -1.51. The van der Waals surface area contributed by atoms with Crippen LogP contribution in [0, 0.1) is 0 Å². The number of aromatic nitrogens is 1. The van der Waals surface area contributed by atoms with Crippen LogP contribution in [0.25, 0.3) is 0 Å². The van der Waals surface area contributed by atoms with Crippen LogP contribution in [0.3, 0.4) is 0 Å². The molecule has 2 amide bonds. The van der Waals surface area contributed by atoms with E-state index in [-0.39, 0.29) is 18.4 Å². The van der Waals surface area contributed by atoms with Crippen LogP contribution >= 0.6 is 11.3 Å². The number of carbonyl (C=O) groups is 2. The molecule has 8 heteroatoms. The highest BCUT2D eigenvalue weighted by Gasteiger charge is 2.11. The van der Waals surface area contributed by atoms with E-state index in [2.05, 4.69) is 15.6 Å². The summed E-state index contributed by atoms with van der Waals surface area (Å²) in [5, 5.41) is 7.58. The first kappa shape index (κ1) is 15.5. The minimum absolute atomic E-state index is 0.0771. The third-order valence-electron chi connectivity index (χ3n) is 2.18. The standard InChI is InChI=1S/C11H18N4O3S/c1-18-5-4-13-9(16)6-14-11(17)8-7-19-10(15-8)2-3-12/h7H,2-6,12H2,1H3,(H,13,16)(H,14,17). The maximum atomic E-state index is 11.7. The van der Waals surface area contributed by atoms with Crippen molar-refractivity contribution in [3.63, 3.8) is 0 Å². The Morgan fingerprint density at radius 2 is 2.26 bits per heavy atom. The van der Waals surface area contributed by atoms with Gasteiger partial charge in [-0.1, -0.05) is 0 Å². The topological polar surface area (TPSA) is 106 Å². The molecule has 0 aromatic carbocycles. The van der Waals surface area contributed by atoms with E-state index in [4.69, 9.17) is 10.5 Å². The van der Waals surface area contributed by atoms with Gasteiger partial charge in [0.1, 0.15) is 5.69 Å². The van der Waals surface area contributed by atoms with Gasteiger partial charge in [0, 0.05) is 25.5 Å². The van der Waals surface area contributed by atoms with Crippen LogP contribution < -0.4 is 16.4 Å². The van der Waals surface area contributed by atoms with E-state index in [0.29, 0.717) is 31.8 Å². The van der Waals surface area contributed by atoms with Gasteiger partial charge < -0.3 is 21.1 Å². The lowest BCUT2D eigenvalue weighted by Crippen LogP contribution is -2.38. The molecule has 106 valence electrons. The molecule has 0 saturated carbocycles. The fourth-order valence-corrected chi connectivity index (χ4v) is 2.05. The molecule has 0 aliphatic heterocycles. The third kappa shape index (κ3) is 5.77. The first-order chi connectivity index (χ1) is 9.17. The van der Waals surface area contributed by atoms with E-state index < -0.39 is 0 Å². The molecule has 0 radical (unpaired) electrons. The highest BCUT2D eigenvalue weighted by Crippen LogP contribution is 2.09. The Balaban J connectivity index is 2.31. The van der Waals surface area contributed by atoms with Gasteiger partial charge in [0.25, 0.3) is 5.91 Å². The van der Waals surface area contributed by atoms with Crippen LogP contribution in [-0.2, 0) is 16.0 Å². The maximum Gasteiger partial charge on any atom is 0.271 e. The predicted molar refractivity (Wildman–Crippen MR) is 72.1 cm³/mol. The average Bonchev–Trinajstić information content (AvgIpc) is 2.85. The van der Waals surface area contributed by atoms with Gasteiger partial charge in [-0.15, -0.1) is 11.3 Å². The largest absolute Gasteiger partial charge is 0.383 e. The summed E-state index contributed by atoms with van der Waals surface area (Å²) in [7, 11) is 1.55. The van der Waals surface area contributed by atoms with Gasteiger partial charge in [-0.05, 0) is 6.54 Å². The van der Waals surface area contributed by atoms with Gasteiger partial charge >= 0.3 is 0 Å². The Labute approximate surface area is 115 Å². The molecular weight excluding hydrogens is 268 g/mol. The summed E-state index contributed by atoms with van der Waals surface area (Å²) in [6, 6.07) is 0. The van der Waals surface area contributed by atoms with E-state index in [9.17, 15) is 9.59 Å². The molecule has 1 heterocycles. The van der Waals surface area contributed by atoms with Gasteiger partial charge in [-0.25, -0.2) is 4.98 Å². The normalized spacial score (nSPS) is 10.2. The number of amides is 2. The number of hydrogen-bond donors (Lipinski definition) is 3. The number of hydrogen-bond acceptors (Lipinski definition) is 6. The first-order valence-corrected chi connectivity index (χ1v) is 6.73. The zero-order valence-electron chi connectivity index (χ0n) is 10.8. The van der Waals surface area contributed by atoms with Crippen molar-refractivity contribution >= 4 is 23.2 Å². The van der Waals surface area contributed by atoms with Crippen molar-refractivity contribution < 1.29 is 14.3 Å². The van der Waals surface area contributed by atoms with Crippen LogP contribution in [0.2, 0.25) is 0 Å². The molecule has 1 aromatic heterocycles. The predicted octanol–water partition coefficient (Wildman–Crippen LogP) is -0.863. The molecule has 7 nitrogen and oxygen atoms in total. The molecule has 0 atom stereocenters. The number of ether oxygens (including phenoxy) is 1. The maximum absolute atomic E-state index is 11.7. The summed E-state index contributed by atoms with van der Waals surface area (Å²) in [5.41, 5.74) is 5.72. The Bertz CT molecular complexity index is 422. The van der Waals surface area contributed by atoms with Crippen LogP contribution in [-0.4, -0.2) is 50.1 Å². The molecule has 1 aromatic rings. The van der Waals surface area contributed by atoms with Crippen LogP contribution in [0.5, 0.6) is 0 Å². The third-order valence-corrected chi connectivity index (χ3v) is 3.09. The number of rotatable bonds is 8. The number of thiazole rings is 1. The summed E-state index contributed by atoms with van der Waals surface area (Å²) in [6.45, 7) is 1.28. The number of carbonyl (C=O) groups excluding carboxylic acids is 2. The second-order valence-electron chi connectivity index (χ2n) is 3.69. The number of nitrogens with one attached hydrogen (secondary N) is 2. The molecule has 0 saturated heterocycles. The summed E-state index contributed by atoms with van der Waals surface area (Å²) in [4.78, 5) is 27.2.